The molecule has 25 heavy (non-hydrogen) atoms. The molecule has 0 amide bonds. The van der Waals surface area contributed by atoms with Crippen LogP contribution in [-0.2, 0) is 19.8 Å². The number of aromatic nitrogens is 3. The molecule has 2 aromatic heterocycles. The number of rotatable bonds is 3. The molecule has 0 aliphatic carbocycles. The normalized spacial score (nSPS) is 11.6. The molecule has 134 valence electrons. The summed E-state index contributed by atoms with van der Waals surface area (Å²) in [7, 11) is 0.769. The van der Waals surface area contributed by atoms with Crippen LogP contribution < -0.4 is 16.8 Å². The molecule has 0 radical (unpaired) electrons. The summed E-state index contributed by atoms with van der Waals surface area (Å²) in [4.78, 5) is 36.4. The lowest BCUT2D eigenvalue weighted by molar-refractivity contribution is -0.144. The SMILES string of the molecule is C=CCn1c(-n2c(=O)cc(C(F)(F)F)n(C)c2=O)c(F)cc(Cl)c1=O. The molecule has 0 spiro atoms. The third-order valence-corrected chi connectivity index (χ3v) is 3.58. The molecule has 0 atom stereocenters. The van der Waals surface area contributed by atoms with Crippen molar-refractivity contribution in [2.24, 2.45) is 7.05 Å². The maximum absolute atomic E-state index is 14.3. The summed E-state index contributed by atoms with van der Waals surface area (Å²) in [5, 5.41) is -0.528. The molecule has 0 unspecified atom stereocenters. The maximum atomic E-state index is 14.3. The summed E-state index contributed by atoms with van der Waals surface area (Å²) in [6.45, 7) is 3.02. The van der Waals surface area contributed by atoms with Crippen LogP contribution >= 0.6 is 11.6 Å². The fraction of sp³-hybridized carbons (Fsp3) is 0.214. The molecule has 0 aromatic carbocycles. The lowest BCUT2D eigenvalue weighted by atomic mass is 10.3. The van der Waals surface area contributed by atoms with Crippen LogP contribution in [0.2, 0.25) is 5.02 Å². The summed E-state index contributed by atoms with van der Waals surface area (Å²) in [6.07, 6.45) is -3.80. The second-order valence-corrected chi connectivity index (χ2v) is 5.32. The van der Waals surface area contributed by atoms with E-state index in [2.05, 4.69) is 6.58 Å². The molecular weight excluding hydrogens is 370 g/mol. The Morgan fingerprint density at radius 2 is 1.84 bits per heavy atom. The summed E-state index contributed by atoms with van der Waals surface area (Å²) in [6, 6.07) is 0.709. The molecule has 2 aromatic rings. The van der Waals surface area contributed by atoms with Crippen molar-refractivity contribution in [3.8, 4) is 5.82 Å². The number of halogens is 5. The van der Waals surface area contributed by atoms with Gasteiger partial charge < -0.3 is 0 Å². The Morgan fingerprint density at radius 3 is 2.36 bits per heavy atom. The van der Waals surface area contributed by atoms with Crippen molar-refractivity contribution in [2.45, 2.75) is 12.7 Å². The van der Waals surface area contributed by atoms with E-state index in [1.165, 1.54) is 6.08 Å². The van der Waals surface area contributed by atoms with Gasteiger partial charge in [0.15, 0.2) is 11.6 Å². The Kier molecular flexibility index (Phi) is 4.76. The van der Waals surface area contributed by atoms with Crippen molar-refractivity contribution in [3.63, 3.8) is 0 Å². The highest BCUT2D eigenvalue weighted by atomic mass is 35.5. The molecule has 0 bridgehead atoms. The monoisotopic (exact) mass is 379 g/mol. The van der Waals surface area contributed by atoms with Crippen molar-refractivity contribution in [2.75, 3.05) is 0 Å². The van der Waals surface area contributed by atoms with Gasteiger partial charge in [-0.05, 0) is 0 Å². The predicted molar refractivity (Wildman–Crippen MR) is 81.7 cm³/mol. The fourth-order valence-electron chi connectivity index (χ4n) is 2.21. The van der Waals surface area contributed by atoms with Gasteiger partial charge in [-0.1, -0.05) is 17.7 Å². The smallest absolute Gasteiger partial charge is 0.292 e. The van der Waals surface area contributed by atoms with Crippen molar-refractivity contribution >= 4 is 11.6 Å². The zero-order chi connectivity index (χ0) is 19.1. The summed E-state index contributed by atoms with van der Waals surface area (Å²) in [5.74, 6) is -2.06. The van der Waals surface area contributed by atoms with Crippen molar-refractivity contribution < 1.29 is 17.6 Å². The Balaban J connectivity index is 3.00. The first-order chi connectivity index (χ1) is 11.5. The van der Waals surface area contributed by atoms with Gasteiger partial charge in [0.25, 0.3) is 11.1 Å². The van der Waals surface area contributed by atoms with Gasteiger partial charge >= 0.3 is 11.9 Å². The van der Waals surface area contributed by atoms with E-state index >= 15 is 0 Å². The lowest BCUT2D eigenvalue weighted by Gasteiger charge is -2.17. The molecule has 11 heteroatoms. The zero-order valence-corrected chi connectivity index (χ0v) is 13.4. The number of allylic oxidation sites excluding steroid dienone is 1. The summed E-state index contributed by atoms with van der Waals surface area (Å²) < 4.78 is 53.8. The minimum atomic E-state index is -4.97. The van der Waals surface area contributed by atoms with Crippen LogP contribution in [0.15, 0.2) is 39.2 Å². The fourth-order valence-corrected chi connectivity index (χ4v) is 2.41. The third-order valence-electron chi connectivity index (χ3n) is 3.31. The zero-order valence-electron chi connectivity index (χ0n) is 12.6. The third kappa shape index (κ3) is 3.16. The van der Waals surface area contributed by atoms with E-state index in [0.717, 1.165) is 7.05 Å². The van der Waals surface area contributed by atoms with E-state index in [9.17, 15) is 31.9 Å². The number of nitrogens with zero attached hydrogens (tertiary/aromatic N) is 3. The van der Waals surface area contributed by atoms with E-state index in [1.807, 2.05) is 0 Å². The van der Waals surface area contributed by atoms with E-state index in [-0.39, 0.29) is 21.7 Å². The predicted octanol–water partition coefficient (Wildman–Crippen LogP) is 1.70. The topological polar surface area (TPSA) is 66.0 Å². The van der Waals surface area contributed by atoms with E-state index in [0.29, 0.717) is 10.6 Å². The highest BCUT2D eigenvalue weighted by Crippen LogP contribution is 2.27. The standard InChI is InChI=1S/C14H10ClF4N3O3/c1-3-4-21-11(8(16)5-7(15)12(21)24)22-10(23)6-9(14(17,18)19)20(2)13(22)25/h3,5-6H,1,4H2,2H3. The number of pyridine rings is 1. The number of hydrogen-bond acceptors (Lipinski definition) is 3. The van der Waals surface area contributed by atoms with E-state index in [4.69, 9.17) is 11.6 Å². The van der Waals surface area contributed by atoms with Gasteiger partial charge in [-0.25, -0.2) is 13.8 Å². The minimum Gasteiger partial charge on any atom is -0.292 e. The molecule has 0 saturated carbocycles. The van der Waals surface area contributed by atoms with Crippen LogP contribution in [0, 0.1) is 5.82 Å². The average Bonchev–Trinajstić information content (AvgIpc) is 2.50. The molecule has 0 aliphatic rings. The van der Waals surface area contributed by atoms with Crippen molar-refractivity contribution in [1.82, 2.24) is 13.7 Å². The van der Waals surface area contributed by atoms with Crippen molar-refractivity contribution in [1.29, 1.82) is 0 Å². The molecule has 0 fully saturated rings. The first-order valence-electron chi connectivity index (χ1n) is 6.61. The Bertz CT molecular complexity index is 1030. The minimum absolute atomic E-state index is 0.131. The van der Waals surface area contributed by atoms with E-state index < -0.39 is 45.3 Å². The molecular formula is C14H10ClF4N3O3. The highest BCUT2D eigenvalue weighted by molar-refractivity contribution is 6.30. The molecule has 2 heterocycles. The summed E-state index contributed by atoms with van der Waals surface area (Å²) >= 11 is 5.58. The van der Waals surface area contributed by atoms with Crippen molar-refractivity contribution in [3.05, 3.63) is 72.5 Å². The molecule has 0 aliphatic heterocycles. The molecule has 0 N–H and O–H groups in total. The van der Waals surface area contributed by atoms with Gasteiger partial charge in [-0.3, -0.25) is 18.7 Å². The molecule has 6 nitrogen and oxygen atoms in total. The van der Waals surface area contributed by atoms with E-state index in [1.54, 1.807) is 0 Å². The molecule has 0 saturated heterocycles. The van der Waals surface area contributed by atoms with Crippen LogP contribution in [0.1, 0.15) is 5.69 Å². The highest BCUT2D eigenvalue weighted by Gasteiger charge is 2.35. The largest absolute Gasteiger partial charge is 0.431 e. The van der Waals surface area contributed by atoms with Gasteiger partial charge in [0.1, 0.15) is 10.7 Å². The maximum Gasteiger partial charge on any atom is 0.431 e. The average molecular weight is 380 g/mol. The van der Waals surface area contributed by atoms with Gasteiger partial charge in [0, 0.05) is 25.7 Å². The first kappa shape index (κ1) is 18.7. The van der Waals surface area contributed by atoms with Crippen LogP contribution in [0.5, 0.6) is 0 Å². The Labute approximate surface area is 141 Å². The Morgan fingerprint density at radius 1 is 1.24 bits per heavy atom. The van der Waals surface area contributed by atoms with Gasteiger partial charge in [0.05, 0.1) is 0 Å². The second kappa shape index (κ2) is 6.36. The van der Waals surface area contributed by atoms with Crippen LogP contribution in [0.3, 0.4) is 0 Å². The van der Waals surface area contributed by atoms with Gasteiger partial charge in [-0.2, -0.15) is 13.2 Å². The molecule has 2 rings (SSSR count). The quantitative estimate of drug-likeness (QED) is 0.602. The second-order valence-electron chi connectivity index (χ2n) is 4.91. The van der Waals surface area contributed by atoms with Gasteiger partial charge in [-0.15, -0.1) is 6.58 Å². The van der Waals surface area contributed by atoms with Crippen LogP contribution in [0.4, 0.5) is 17.6 Å². The first-order valence-corrected chi connectivity index (χ1v) is 6.99. The van der Waals surface area contributed by atoms with Gasteiger partial charge in [0.2, 0.25) is 0 Å². The van der Waals surface area contributed by atoms with Crippen LogP contribution in [0.25, 0.3) is 5.82 Å². The summed E-state index contributed by atoms with van der Waals surface area (Å²) in [5.41, 5.74) is -5.37. The lowest BCUT2D eigenvalue weighted by Crippen LogP contribution is -2.43. The van der Waals surface area contributed by atoms with Crippen LogP contribution in [-0.4, -0.2) is 13.7 Å². The Hall–Kier alpha value is -2.62. The number of hydrogen-bond donors (Lipinski definition) is 0. The number of alkyl halides is 3.